The van der Waals surface area contributed by atoms with Gasteiger partial charge in [0.15, 0.2) is 4.96 Å². The van der Waals surface area contributed by atoms with Crippen molar-refractivity contribution < 1.29 is 13.9 Å². The van der Waals surface area contributed by atoms with Crippen molar-refractivity contribution in [1.82, 2.24) is 9.38 Å². The first-order valence-corrected chi connectivity index (χ1v) is 7.42. The van der Waals surface area contributed by atoms with E-state index >= 15 is 0 Å². The topological polar surface area (TPSA) is 43.6 Å². The van der Waals surface area contributed by atoms with Crippen molar-refractivity contribution in [3.63, 3.8) is 0 Å². The van der Waals surface area contributed by atoms with Crippen molar-refractivity contribution in [2.24, 2.45) is 0 Å². The Morgan fingerprint density at radius 1 is 1.38 bits per heavy atom. The van der Waals surface area contributed by atoms with E-state index in [-0.39, 0.29) is 18.2 Å². The van der Waals surface area contributed by atoms with Crippen LogP contribution in [0.1, 0.15) is 12.6 Å². The zero-order chi connectivity index (χ0) is 14.8. The summed E-state index contributed by atoms with van der Waals surface area (Å²) in [5, 5.41) is 1.90. The Hall–Kier alpha value is -2.21. The quantitative estimate of drug-likeness (QED) is 0.695. The molecule has 108 valence electrons. The van der Waals surface area contributed by atoms with Gasteiger partial charge >= 0.3 is 5.97 Å². The Morgan fingerprint density at radius 2 is 2.14 bits per heavy atom. The van der Waals surface area contributed by atoms with Crippen LogP contribution in [0.25, 0.3) is 16.2 Å². The van der Waals surface area contributed by atoms with E-state index in [9.17, 15) is 9.18 Å². The van der Waals surface area contributed by atoms with Crippen LogP contribution in [0.15, 0.2) is 35.8 Å². The van der Waals surface area contributed by atoms with Crippen molar-refractivity contribution >= 4 is 22.3 Å². The molecule has 0 atom stereocenters. The standard InChI is InChI=1S/C15H13FN2O2S/c1-2-20-14(19)7-12-9-21-15-17-13(8-18(12)15)10-3-5-11(16)6-4-10/h3-6,8-9H,2,7H2,1H3. The SMILES string of the molecule is CCOC(=O)Cc1csc2nc(-c3ccc(F)cc3)cn12. The fourth-order valence-electron chi connectivity index (χ4n) is 2.08. The van der Waals surface area contributed by atoms with Crippen LogP contribution >= 0.6 is 11.3 Å². The second-order valence-electron chi connectivity index (χ2n) is 4.49. The summed E-state index contributed by atoms with van der Waals surface area (Å²) in [4.78, 5) is 16.9. The summed E-state index contributed by atoms with van der Waals surface area (Å²) >= 11 is 1.46. The van der Waals surface area contributed by atoms with Crippen molar-refractivity contribution in [2.75, 3.05) is 6.61 Å². The van der Waals surface area contributed by atoms with Gasteiger partial charge in [0.2, 0.25) is 0 Å². The zero-order valence-electron chi connectivity index (χ0n) is 11.4. The van der Waals surface area contributed by atoms with Gasteiger partial charge in [-0.05, 0) is 31.2 Å². The number of carbonyl (C=O) groups is 1. The van der Waals surface area contributed by atoms with Gasteiger partial charge in [0.25, 0.3) is 0 Å². The molecule has 2 aromatic heterocycles. The minimum atomic E-state index is -0.275. The van der Waals surface area contributed by atoms with E-state index in [2.05, 4.69) is 4.98 Å². The largest absolute Gasteiger partial charge is 0.466 e. The van der Waals surface area contributed by atoms with Gasteiger partial charge in [0, 0.05) is 22.8 Å². The average Bonchev–Trinajstić information content (AvgIpc) is 3.02. The molecule has 0 aliphatic rings. The predicted octanol–water partition coefficient (Wildman–Crippen LogP) is 3.31. The fourth-order valence-corrected chi connectivity index (χ4v) is 2.95. The summed E-state index contributed by atoms with van der Waals surface area (Å²) in [5.41, 5.74) is 2.44. The van der Waals surface area contributed by atoms with Gasteiger partial charge in [-0.25, -0.2) is 9.37 Å². The number of benzene rings is 1. The molecule has 3 aromatic rings. The number of imidazole rings is 1. The maximum atomic E-state index is 13.0. The molecule has 0 saturated carbocycles. The second kappa shape index (κ2) is 5.65. The van der Waals surface area contributed by atoms with Gasteiger partial charge in [-0.15, -0.1) is 11.3 Å². The van der Waals surface area contributed by atoms with Crippen LogP contribution in [-0.4, -0.2) is 22.0 Å². The van der Waals surface area contributed by atoms with Gasteiger partial charge in [-0.2, -0.15) is 0 Å². The molecule has 2 heterocycles. The first kappa shape index (κ1) is 13.8. The van der Waals surface area contributed by atoms with E-state index in [0.717, 1.165) is 21.9 Å². The molecule has 4 nitrogen and oxygen atoms in total. The van der Waals surface area contributed by atoms with Crippen LogP contribution in [0.2, 0.25) is 0 Å². The summed E-state index contributed by atoms with van der Waals surface area (Å²) in [6.07, 6.45) is 2.07. The molecule has 0 bridgehead atoms. The van der Waals surface area contributed by atoms with Crippen LogP contribution in [0.3, 0.4) is 0 Å². The Morgan fingerprint density at radius 3 is 2.86 bits per heavy atom. The highest BCUT2D eigenvalue weighted by atomic mass is 32.1. The number of carbonyl (C=O) groups excluding carboxylic acids is 1. The molecule has 0 aliphatic heterocycles. The molecule has 0 fully saturated rings. The Labute approximate surface area is 124 Å². The van der Waals surface area contributed by atoms with E-state index in [4.69, 9.17) is 4.74 Å². The highest BCUT2D eigenvalue weighted by Crippen LogP contribution is 2.24. The van der Waals surface area contributed by atoms with E-state index in [0.29, 0.717) is 6.61 Å². The lowest BCUT2D eigenvalue weighted by molar-refractivity contribution is -0.142. The Kier molecular flexibility index (Phi) is 3.70. The summed E-state index contributed by atoms with van der Waals surface area (Å²) in [6, 6.07) is 6.18. The number of nitrogens with zero attached hydrogens (tertiary/aromatic N) is 2. The van der Waals surface area contributed by atoms with E-state index in [1.807, 2.05) is 16.0 Å². The monoisotopic (exact) mass is 304 g/mol. The van der Waals surface area contributed by atoms with Crippen molar-refractivity contribution in [2.45, 2.75) is 13.3 Å². The first-order valence-electron chi connectivity index (χ1n) is 6.54. The van der Waals surface area contributed by atoms with Crippen LogP contribution in [0.5, 0.6) is 0 Å². The normalized spacial score (nSPS) is 11.0. The number of rotatable bonds is 4. The number of hydrogen-bond donors (Lipinski definition) is 0. The summed E-state index contributed by atoms with van der Waals surface area (Å²) in [7, 11) is 0. The number of esters is 1. The number of halogens is 1. The average molecular weight is 304 g/mol. The van der Waals surface area contributed by atoms with Crippen LogP contribution in [0.4, 0.5) is 4.39 Å². The van der Waals surface area contributed by atoms with E-state index < -0.39 is 0 Å². The van der Waals surface area contributed by atoms with Crippen molar-refractivity contribution in [3.8, 4) is 11.3 Å². The van der Waals surface area contributed by atoms with E-state index in [1.54, 1.807) is 19.1 Å². The fraction of sp³-hybridized carbons (Fsp3) is 0.200. The van der Waals surface area contributed by atoms with Gasteiger partial charge in [-0.1, -0.05) is 0 Å². The molecule has 0 amide bonds. The molecular formula is C15H13FN2O2S. The highest BCUT2D eigenvalue weighted by Gasteiger charge is 2.13. The minimum Gasteiger partial charge on any atom is -0.466 e. The maximum Gasteiger partial charge on any atom is 0.311 e. The second-order valence-corrected chi connectivity index (χ2v) is 5.33. The molecule has 0 radical (unpaired) electrons. The highest BCUT2D eigenvalue weighted by molar-refractivity contribution is 7.15. The molecule has 0 unspecified atom stereocenters. The molecule has 1 aromatic carbocycles. The van der Waals surface area contributed by atoms with Crippen LogP contribution < -0.4 is 0 Å². The molecular weight excluding hydrogens is 291 g/mol. The lowest BCUT2D eigenvalue weighted by atomic mass is 10.2. The van der Waals surface area contributed by atoms with Crippen LogP contribution in [0, 0.1) is 5.82 Å². The van der Waals surface area contributed by atoms with Crippen LogP contribution in [-0.2, 0) is 16.0 Å². The zero-order valence-corrected chi connectivity index (χ0v) is 12.2. The third kappa shape index (κ3) is 2.80. The Bertz CT molecular complexity index is 777. The first-order chi connectivity index (χ1) is 10.2. The lowest BCUT2D eigenvalue weighted by Gasteiger charge is -2.00. The molecule has 0 N–H and O–H groups in total. The summed E-state index contributed by atoms with van der Waals surface area (Å²) < 4.78 is 19.8. The summed E-state index contributed by atoms with van der Waals surface area (Å²) in [6.45, 7) is 2.15. The smallest absolute Gasteiger partial charge is 0.311 e. The minimum absolute atomic E-state index is 0.215. The van der Waals surface area contributed by atoms with Gasteiger partial charge in [0.05, 0.1) is 18.7 Å². The molecule has 3 rings (SSSR count). The van der Waals surface area contributed by atoms with Gasteiger partial charge < -0.3 is 4.74 Å². The number of fused-ring (bicyclic) bond motifs is 1. The Balaban J connectivity index is 1.92. The van der Waals surface area contributed by atoms with Crippen molar-refractivity contribution in [1.29, 1.82) is 0 Å². The molecule has 21 heavy (non-hydrogen) atoms. The number of aromatic nitrogens is 2. The molecule has 0 spiro atoms. The van der Waals surface area contributed by atoms with Gasteiger partial charge in [-0.3, -0.25) is 9.20 Å². The third-order valence-electron chi connectivity index (χ3n) is 3.05. The summed E-state index contributed by atoms with van der Waals surface area (Å²) in [5.74, 6) is -0.531. The van der Waals surface area contributed by atoms with E-state index in [1.165, 1.54) is 23.5 Å². The van der Waals surface area contributed by atoms with Gasteiger partial charge in [0.1, 0.15) is 5.82 Å². The lowest BCUT2D eigenvalue weighted by Crippen LogP contribution is -2.08. The van der Waals surface area contributed by atoms with Crippen molar-refractivity contribution in [3.05, 3.63) is 47.4 Å². The molecule has 0 aliphatic carbocycles. The number of thiazole rings is 1. The third-order valence-corrected chi connectivity index (χ3v) is 3.94. The predicted molar refractivity (Wildman–Crippen MR) is 78.8 cm³/mol. The number of ether oxygens (including phenoxy) is 1. The number of hydrogen-bond acceptors (Lipinski definition) is 4. The molecule has 6 heteroatoms. The molecule has 0 saturated heterocycles. The maximum absolute atomic E-state index is 13.0.